The summed E-state index contributed by atoms with van der Waals surface area (Å²) in [6, 6.07) is 9.44. The van der Waals surface area contributed by atoms with Gasteiger partial charge in [-0.05, 0) is 24.5 Å². The molecule has 1 heterocycles. The van der Waals surface area contributed by atoms with Gasteiger partial charge in [-0.2, -0.15) is 17.0 Å². The number of nitrogens with one attached hydrogen (secondary N) is 1. The number of nitrogens with zero attached hydrogens (tertiary/aromatic N) is 2. The highest BCUT2D eigenvalue weighted by Gasteiger charge is 2.34. The summed E-state index contributed by atoms with van der Waals surface area (Å²) in [5.41, 5.74) is 1.72. The van der Waals surface area contributed by atoms with Crippen LogP contribution in [0.3, 0.4) is 0 Å². The molecule has 0 aliphatic carbocycles. The number of nitriles is 1. The van der Waals surface area contributed by atoms with E-state index in [1.54, 1.807) is 16.7 Å². The molecule has 25 heavy (non-hydrogen) atoms. The van der Waals surface area contributed by atoms with Crippen LogP contribution in [0.1, 0.15) is 37.8 Å². The number of carbonyl (C=O) groups is 2. The first-order valence-electron chi connectivity index (χ1n) is 8.68. The third kappa shape index (κ3) is 5.23. The summed E-state index contributed by atoms with van der Waals surface area (Å²) in [7, 11) is 0. The number of carbonyl (C=O) groups excluding carboxylic acids is 2. The van der Waals surface area contributed by atoms with Gasteiger partial charge < -0.3 is 10.2 Å². The van der Waals surface area contributed by atoms with Crippen LogP contribution in [0.15, 0.2) is 24.3 Å². The molecule has 0 spiro atoms. The molecule has 0 bridgehead atoms. The molecule has 1 fully saturated rings. The van der Waals surface area contributed by atoms with Crippen LogP contribution in [-0.2, 0) is 15.3 Å². The summed E-state index contributed by atoms with van der Waals surface area (Å²) in [4.78, 5) is 26.2. The van der Waals surface area contributed by atoms with Gasteiger partial charge in [0.25, 0.3) is 0 Å². The summed E-state index contributed by atoms with van der Waals surface area (Å²) in [5, 5.41) is 12.0. The Kier molecular flexibility index (Phi) is 7.32. The van der Waals surface area contributed by atoms with Crippen LogP contribution in [0, 0.1) is 17.2 Å². The molecule has 0 saturated carbocycles. The zero-order valence-corrected chi connectivity index (χ0v) is 15.6. The Labute approximate surface area is 153 Å². The van der Waals surface area contributed by atoms with Crippen molar-refractivity contribution in [2.24, 2.45) is 5.92 Å². The third-order valence-electron chi connectivity index (χ3n) is 4.27. The minimum absolute atomic E-state index is 0.0514. The summed E-state index contributed by atoms with van der Waals surface area (Å²) in [6.45, 7) is 4.98. The maximum absolute atomic E-state index is 12.4. The first kappa shape index (κ1) is 19.3. The summed E-state index contributed by atoms with van der Waals surface area (Å²) < 4.78 is 0. The molecular weight excluding hydrogens is 334 g/mol. The van der Waals surface area contributed by atoms with Crippen LogP contribution in [0.5, 0.6) is 0 Å². The molecule has 134 valence electrons. The Bertz CT molecular complexity index is 654. The predicted molar refractivity (Wildman–Crippen MR) is 99.9 cm³/mol. The van der Waals surface area contributed by atoms with E-state index in [9.17, 15) is 9.59 Å². The average Bonchev–Trinajstić information content (AvgIpc) is 3.10. The average molecular weight is 359 g/mol. The lowest BCUT2D eigenvalue weighted by molar-refractivity contribution is -0.140. The van der Waals surface area contributed by atoms with Crippen molar-refractivity contribution >= 4 is 23.6 Å². The quantitative estimate of drug-likeness (QED) is 0.760. The molecule has 2 amide bonds. The van der Waals surface area contributed by atoms with E-state index in [1.807, 2.05) is 38.1 Å². The molecular formula is C19H25N3O2S. The molecule has 2 rings (SSSR count). The highest BCUT2D eigenvalue weighted by atomic mass is 32.2. The zero-order valence-electron chi connectivity index (χ0n) is 14.8. The van der Waals surface area contributed by atoms with E-state index in [0.717, 1.165) is 29.9 Å². The molecule has 1 atom stereocenters. The Morgan fingerprint density at radius 2 is 2.16 bits per heavy atom. The molecule has 6 heteroatoms. The van der Waals surface area contributed by atoms with Gasteiger partial charge >= 0.3 is 0 Å². The van der Waals surface area contributed by atoms with E-state index in [4.69, 9.17) is 5.26 Å². The maximum Gasteiger partial charge on any atom is 0.242 e. The first-order valence-corrected chi connectivity index (χ1v) is 9.84. The maximum atomic E-state index is 12.4. The third-order valence-corrected chi connectivity index (χ3v) is 5.28. The second-order valence-corrected chi connectivity index (χ2v) is 7.56. The Balaban J connectivity index is 1.73. The molecule has 1 aliphatic heterocycles. The van der Waals surface area contributed by atoms with E-state index in [-0.39, 0.29) is 23.8 Å². The van der Waals surface area contributed by atoms with Crippen LogP contribution >= 0.6 is 11.8 Å². The van der Waals surface area contributed by atoms with Crippen molar-refractivity contribution in [2.75, 3.05) is 18.8 Å². The van der Waals surface area contributed by atoms with Crippen LogP contribution in [0.25, 0.3) is 0 Å². The van der Waals surface area contributed by atoms with Crippen LogP contribution in [0.2, 0.25) is 0 Å². The Hall–Kier alpha value is -2.00. The van der Waals surface area contributed by atoms with Gasteiger partial charge in [0, 0.05) is 30.5 Å². The van der Waals surface area contributed by atoms with E-state index < -0.39 is 0 Å². The fourth-order valence-electron chi connectivity index (χ4n) is 2.94. The van der Waals surface area contributed by atoms with Gasteiger partial charge in [-0.3, -0.25) is 9.59 Å². The molecule has 1 N–H and O–H groups in total. The highest BCUT2D eigenvalue weighted by Crippen LogP contribution is 2.20. The zero-order chi connectivity index (χ0) is 18.2. The number of thioether (sulfide) groups is 1. The van der Waals surface area contributed by atoms with E-state index in [2.05, 4.69) is 11.4 Å². The standard InChI is InChI=1S/C19H25N3O2S/c1-14(2)19(24)22-10-5-8-17(22)18(23)21-9-11-25-13-16-7-4-3-6-15(16)12-20/h3-4,6-7,14,17H,5,8-11,13H2,1-2H3,(H,21,23)/t17-/m1/s1. The van der Waals surface area contributed by atoms with Crippen LogP contribution in [0.4, 0.5) is 0 Å². The number of likely N-dealkylation sites (tertiary alicyclic amines) is 1. The molecule has 0 aromatic heterocycles. The SMILES string of the molecule is CC(C)C(=O)N1CCC[C@@H]1C(=O)NCCSCc1ccccc1C#N. The van der Waals surface area contributed by atoms with Gasteiger partial charge in [-0.15, -0.1) is 0 Å². The van der Waals surface area contributed by atoms with Crippen LogP contribution in [-0.4, -0.2) is 41.6 Å². The highest BCUT2D eigenvalue weighted by molar-refractivity contribution is 7.98. The number of hydrogen-bond acceptors (Lipinski definition) is 4. The largest absolute Gasteiger partial charge is 0.353 e. The molecule has 0 radical (unpaired) electrons. The van der Waals surface area contributed by atoms with Gasteiger partial charge in [0.2, 0.25) is 11.8 Å². The minimum Gasteiger partial charge on any atom is -0.353 e. The van der Waals surface area contributed by atoms with Gasteiger partial charge in [0.1, 0.15) is 6.04 Å². The lowest BCUT2D eigenvalue weighted by Gasteiger charge is -2.25. The predicted octanol–water partition coefficient (Wildman–Crippen LogP) is 2.55. The molecule has 1 aromatic carbocycles. The van der Waals surface area contributed by atoms with Crippen molar-refractivity contribution in [3.63, 3.8) is 0 Å². The van der Waals surface area contributed by atoms with Crippen molar-refractivity contribution < 1.29 is 9.59 Å². The van der Waals surface area contributed by atoms with Gasteiger partial charge in [0.15, 0.2) is 0 Å². The Morgan fingerprint density at radius 1 is 1.40 bits per heavy atom. The van der Waals surface area contributed by atoms with Crippen molar-refractivity contribution in [1.82, 2.24) is 10.2 Å². The molecule has 5 nitrogen and oxygen atoms in total. The summed E-state index contributed by atoms with van der Waals surface area (Å²) >= 11 is 1.69. The normalized spacial score (nSPS) is 16.7. The Morgan fingerprint density at radius 3 is 2.88 bits per heavy atom. The lowest BCUT2D eigenvalue weighted by Crippen LogP contribution is -2.47. The minimum atomic E-state index is -0.320. The summed E-state index contributed by atoms with van der Waals surface area (Å²) in [6.07, 6.45) is 1.63. The lowest BCUT2D eigenvalue weighted by atomic mass is 10.1. The van der Waals surface area contributed by atoms with E-state index >= 15 is 0 Å². The fourth-order valence-corrected chi connectivity index (χ4v) is 3.80. The van der Waals surface area contributed by atoms with Crippen LogP contribution < -0.4 is 5.32 Å². The molecule has 1 aliphatic rings. The molecule has 1 aromatic rings. The first-order chi connectivity index (χ1) is 12.0. The van der Waals surface area contributed by atoms with Gasteiger partial charge in [-0.25, -0.2) is 0 Å². The number of benzene rings is 1. The fraction of sp³-hybridized carbons (Fsp3) is 0.526. The van der Waals surface area contributed by atoms with E-state index in [1.165, 1.54) is 0 Å². The molecule has 0 unspecified atom stereocenters. The summed E-state index contributed by atoms with van der Waals surface area (Å²) in [5.74, 6) is 1.45. The number of amides is 2. The second-order valence-electron chi connectivity index (χ2n) is 6.46. The van der Waals surface area contributed by atoms with Crippen molar-refractivity contribution in [1.29, 1.82) is 5.26 Å². The van der Waals surface area contributed by atoms with Crippen molar-refractivity contribution in [3.05, 3.63) is 35.4 Å². The van der Waals surface area contributed by atoms with Gasteiger partial charge in [0.05, 0.1) is 11.6 Å². The second kappa shape index (κ2) is 9.47. The smallest absolute Gasteiger partial charge is 0.242 e. The molecule has 1 saturated heterocycles. The van der Waals surface area contributed by atoms with Crippen molar-refractivity contribution in [2.45, 2.75) is 38.5 Å². The monoisotopic (exact) mass is 359 g/mol. The topological polar surface area (TPSA) is 73.2 Å². The van der Waals surface area contributed by atoms with Crippen molar-refractivity contribution in [3.8, 4) is 6.07 Å². The number of hydrogen-bond donors (Lipinski definition) is 1. The number of rotatable bonds is 7. The van der Waals surface area contributed by atoms with E-state index in [0.29, 0.717) is 18.7 Å². The van der Waals surface area contributed by atoms with Gasteiger partial charge in [-0.1, -0.05) is 32.0 Å².